The quantitative estimate of drug-likeness (QED) is 0.610. The van der Waals surface area contributed by atoms with Crippen molar-refractivity contribution in [1.82, 2.24) is 9.97 Å². The maximum absolute atomic E-state index is 4.29. The second kappa shape index (κ2) is 2.80. The summed E-state index contributed by atoms with van der Waals surface area (Å²) in [5.41, 5.74) is 4.60. The van der Waals surface area contributed by atoms with Gasteiger partial charge in [-0.15, -0.1) is 0 Å². The summed E-state index contributed by atoms with van der Waals surface area (Å²) in [5, 5.41) is 1.20. The molecule has 0 radical (unpaired) electrons. The van der Waals surface area contributed by atoms with Crippen LogP contribution < -0.4 is 0 Å². The van der Waals surface area contributed by atoms with E-state index in [1.165, 1.54) is 16.5 Å². The predicted octanol–water partition coefficient (Wildman–Crippen LogP) is 2.56. The molecule has 2 heteroatoms. The first-order valence-corrected chi connectivity index (χ1v) is 4.37. The highest BCUT2D eigenvalue weighted by molar-refractivity contribution is 5.86. The summed E-state index contributed by atoms with van der Waals surface area (Å²) in [6.07, 6.45) is 1.63. The Morgan fingerprint density at radius 3 is 2.31 bits per heavy atom. The number of fused-ring (bicyclic) bond motifs is 1. The Bertz CT molecular complexity index is 453. The van der Waals surface area contributed by atoms with E-state index < -0.39 is 0 Å². The van der Waals surface area contributed by atoms with Crippen LogP contribution in [0, 0.1) is 20.8 Å². The van der Waals surface area contributed by atoms with Crippen molar-refractivity contribution in [3.8, 4) is 0 Å². The van der Waals surface area contributed by atoms with Crippen LogP contribution in [0.25, 0.3) is 10.9 Å². The molecule has 0 aliphatic carbocycles. The van der Waals surface area contributed by atoms with Crippen LogP contribution >= 0.6 is 0 Å². The molecular formula is C11H12N2. The van der Waals surface area contributed by atoms with Crippen molar-refractivity contribution in [2.75, 3.05) is 0 Å². The van der Waals surface area contributed by atoms with Crippen LogP contribution in [-0.2, 0) is 0 Å². The van der Waals surface area contributed by atoms with Crippen LogP contribution in [0.5, 0.6) is 0 Å². The van der Waals surface area contributed by atoms with Crippen molar-refractivity contribution in [1.29, 1.82) is 0 Å². The van der Waals surface area contributed by atoms with Gasteiger partial charge in [0.1, 0.15) is 6.33 Å². The molecule has 1 heterocycles. The highest BCUT2D eigenvalue weighted by atomic mass is 14.8. The lowest BCUT2D eigenvalue weighted by Gasteiger charge is -2.05. The monoisotopic (exact) mass is 172 g/mol. The second-order valence-corrected chi connectivity index (χ2v) is 3.38. The molecule has 2 aromatic rings. The fraction of sp³-hybridized carbons (Fsp3) is 0.273. The van der Waals surface area contributed by atoms with E-state index in [4.69, 9.17) is 0 Å². The van der Waals surface area contributed by atoms with Crippen molar-refractivity contribution in [2.45, 2.75) is 20.8 Å². The fourth-order valence-corrected chi connectivity index (χ4v) is 1.66. The summed E-state index contributed by atoms with van der Waals surface area (Å²) < 4.78 is 0. The van der Waals surface area contributed by atoms with E-state index in [9.17, 15) is 0 Å². The van der Waals surface area contributed by atoms with Gasteiger partial charge in [0.25, 0.3) is 0 Å². The Morgan fingerprint density at radius 1 is 0.923 bits per heavy atom. The molecule has 13 heavy (non-hydrogen) atoms. The first-order chi connectivity index (χ1) is 6.20. The topological polar surface area (TPSA) is 25.8 Å². The lowest BCUT2D eigenvalue weighted by atomic mass is 10.0. The van der Waals surface area contributed by atoms with E-state index in [1.807, 2.05) is 6.92 Å². The van der Waals surface area contributed by atoms with E-state index in [0.717, 1.165) is 11.2 Å². The summed E-state index contributed by atoms with van der Waals surface area (Å²) in [6.45, 7) is 6.20. The number of hydrogen-bond acceptors (Lipinski definition) is 2. The summed E-state index contributed by atoms with van der Waals surface area (Å²) in [5.74, 6) is 0. The second-order valence-electron chi connectivity index (χ2n) is 3.38. The fourth-order valence-electron chi connectivity index (χ4n) is 1.66. The first-order valence-electron chi connectivity index (χ1n) is 4.37. The Labute approximate surface area is 77.6 Å². The van der Waals surface area contributed by atoms with E-state index in [1.54, 1.807) is 6.33 Å². The predicted molar refractivity (Wildman–Crippen MR) is 53.7 cm³/mol. The average Bonchev–Trinajstić information content (AvgIpc) is 2.12. The summed E-state index contributed by atoms with van der Waals surface area (Å²) in [4.78, 5) is 8.49. The normalized spacial score (nSPS) is 10.7. The molecule has 0 saturated carbocycles. The third-order valence-electron chi connectivity index (χ3n) is 2.39. The zero-order chi connectivity index (χ0) is 9.42. The minimum atomic E-state index is 1.06. The van der Waals surface area contributed by atoms with Crippen LogP contribution in [0.15, 0.2) is 18.5 Å². The summed E-state index contributed by atoms with van der Waals surface area (Å²) >= 11 is 0. The molecule has 0 aliphatic rings. The van der Waals surface area contributed by atoms with Gasteiger partial charge in [-0.05, 0) is 31.9 Å². The Morgan fingerprint density at radius 2 is 1.62 bits per heavy atom. The molecule has 2 nitrogen and oxygen atoms in total. The van der Waals surface area contributed by atoms with Crippen molar-refractivity contribution in [2.24, 2.45) is 0 Å². The van der Waals surface area contributed by atoms with Crippen LogP contribution in [0.2, 0.25) is 0 Å². The van der Waals surface area contributed by atoms with Crippen LogP contribution in [0.4, 0.5) is 0 Å². The van der Waals surface area contributed by atoms with Crippen molar-refractivity contribution < 1.29 is 0 Å². The Balaban J connectivity index is 3.00. The molecule has 0 spiro atoms. The van der Waals surface area contributed by atoms with E-state index in [-0.39, 0.29) is 0 Å². The van der Waals surface area contributed by atoms with Crippen molar-refractivity contribution in [3.05, 3.63) is 35.3 Å². The molecule has 0 bridgehead atoms. The number of aromatic nitrogens is 2. The Kier molecular flexibility index (Phi) is 1.76. The van der Waals surface area contributed by atoms with Gasteiger partial charge in [0, 0.05) is 11.1 Å². The van der Waals surface area contributed by atoms with E-state index >= 15 is 0 Å². The largest absolute Gasteiger partial charge is 0.241 e. The maximum Gasteiger partial charge on any atom is 0.116 e. The SMILES string of the molecule is Cc1ccc(C)c2c(C)ncnc12. The molecule has 0 saturated heterocycles. The minimum absolute atomic E-state index is 1.06. The molecule has 1 aromatic carbocycles. The van der Waals surface area contributed by atoms with Crippen molar-refractivity contribution in [3.63, 3.8) is 0 Å². The number of benzene rings is 1. The number of hydrogen-bond donors (Lipinski definition) is 0. The van der Waals surface area contributed by atoms with Gasteiger partial charge in [0.2, 0.25) is 0 Å². The minimum Gasteiger partial charge on any atom is -0.241 e. The molecular weight excluding hydrogens is 160 g/mol. The molecule has 1 aromatic heterocycles. The number of nitrogens with zero attached hydrogens (tertiary/aromatic N) is 2. The van der Waals surface area contributed by atoms with Gasteiger partial charge >= 0.3 is 0 Å². The lowest BCUT2D eigenvalue weighted by Crippen LogP contribution is -1.92. The Hall–Kier alpha value is -1.44. The van der Waals surface area contributed by atoms with Gasteiger partial charge in [0.05, 0.1) is 5.52 Å². The molecule has 0 aliphatic heterocycles. The number of aryl methyl sites for hydroxylation is 3. The highest BCUT2D eigenvalue weighted by Gasteiger charge is 2.04. The van der Waals surface area contributed by atoms with E-state index in [2.05, 4.69) is 35.9 Å². The van der Waals surface area contributed by atoms with E-state index in [0.29, 0.717) is 0 Å². The van der Waals surface area contributed by atoms with Gasteiger partial charge < -0.3 is 0 Å². The maximum atomic E-state index is 4.29. The van der Waals surface area contributed by atoms with Gasteiger partial charge in [-0.3, -0.25) is 0 Å². The van der Waals surface area contributed by atoms with Gasteiger partial charge in [-0.1, -0.05) is 12.1 Å². The molecule has 0 unspecified atom stereocenters. The van der Waals surface area contributed by atoms with Crippen LogP contribution in [0.1, 0.15) is 16.8 Å². The van der Waals surface area contributed by atoms with Crippen LogP contribution in [-0.4, -0.2) is 9.97 Å². The molecule has 0 atom stereocenters. The third kappa shape index (κ3) is 1.18. The summed E-state index contributed by atoms with van der Waals surface area (Å²) in [7, 11) is 0. The van der Waals surface area contributed by atoms with Crippen molar-refractivity contribution >= 4 is 10.9 Å². The molecule has 0 fully saturated rings. The third-order valence-corrected chi connectivity index (χ3v) is 2.39. The molecule has 2 rings (SSSR count). The highest BCUT2D eigenvalue weighted by Crippen LogP contribution is 2.21. The van der Waals surface area contributed by atoms with Gasteiger partial charge in [-0.25, -0.2) is 9.97 Å². The smallest absolute Gasteiger partial charge is 0.116 e. The van der Waals surface area contributed by atoms with Gasteiger partial charge in [-0.2, -0.15) is 0 Å². The molecule has 0 amide bonds. The summed E-state index contributed by atoms with van der Waals surface area (Å²) in [6, 6.07) is 4.22. The first kappa shape index (κ1) is 8.17. The molecule has 66 valence electrons. The average molecular weight is 172 g/mol. The zero-order valence-electron chi connectivity index (χ0n) is 8.13. The molecule has 0 N–H and O–H groups in total. The van der Waals surface area contributed by atoms with Crippen LogP contribution in [0.3, 0.4) is 0 Å². The number of rotatable bonds is 0. The lowest BCUT2D eigenvalue weighted by molar-refractivity contribution is 1.14. The standard InChI is InChI=1S/C11H12N2/c1-7-4-5-8(2)11-10(7)9(3)12-6-13-11/h4-6H,1-3H3. The van der Waals surface area contributed by atoms with Gasteiger partial charge in [0.15, 0.2) is 0 Å². The zero-order valence-corrected chi connectivity index (χ0v) is 8.13.